The van der Waals surface area contributed by atoms with E-state index >= 15 is 0 Å². The maximum atomic E-state index is 5.93. The van der Waals surface area contributed by atoms with Gasteiger partial charge in [0.2, 0.25) is 0 Å². The zero-order valence-electron chi connectivity index (χ0n) is 9.20. The predicted molar refractivity (Wildman–Crippen MR) is 58.8 cm³/mol. The quantitative estimate of drug-likeness (QED) is 0.782. The van der Waals surface area contributed by atoms with Gasteiger partial charge in [-0.1, -0.05) is 6.07 Å². The van der Waals surface area contributed by atoms with Crippen LogP contribution >= 0.6 is 0 Å². The standard InChI is InChI=1S/C11H19N3/c1-11(2,12)9-14(3)8-10-6-4-5-7-13-10/h4-7H,8-9,12H2,1-3H3. The van der Waals surface area contributed by atoms with Gasteiger partial charge in [0.15, 0.2) is 0 Å². The molecule has 2 N–H and O–H groups in total. The van der Waals surface area contributed by atoms with E-state index in [1.165, 1.54) is 0 Å². The Morgan fingerprint density at radius 2 is 2.14 bits per heavy atom. The van der Waals surface area contributed by atoms with Crippen LogP contribution in [0.5, 0.6) is 0 Å². The van der Waals surface area contributed by atoms with Crippen molar-refractivity contribution in [3.63, 3.8) is 0 Å². The second-order valence-electron chi connectivity index (χ2n) is 4.48. The van der Waals surface area contributed by atoms with Crippen LogP contribution in [0.3, 0.4) is 0 Å². The van der Waals surface area contributed by atoms with Crippen molar-refractivity contribution < 1.29 is 0 Å². The number of hydrogen-bond acceptors (Lipinski definition) is 3. The predicted octanol–water partition coefficient (Wildman–Crippen LogP) is 1.25. The number of aromatic nitrogens is 1. The molecule has 14 heavy (non-hydrogen) atoms. The Balaban J connectivity index is 2.46. The van der Waals surface area contributed by atoms with Crippen LogP contribution in [0.4, 0.5) is 0 Å². The third kappa shape index (κ3) is 4.35. The lowest BCUT2D eigenvalue weighted by Gasteiger charge is -2.26. The summed E-state index contributed by atoms with van der Waals surface area (Å²) in [5.74, 6) is 0. The Labute approximate surface area is 85.9 Å². The van der Waals surface area contributed by atoms with Crippen LogP contribution < -0.4 is 5.73 Å². The summed E-state index contributed by atoms with van der Waals surface area (Å²) in [6.07, 6.45) is 1.82. The molecule has 0 atom stereocenters. The van der Waals surface area contributed by atoms with Gasteiger partial charge in [0, 0.05) is 24.8 Å². The van der Waals surface area contributed by atoms with E-state index in [1.54, 1.807) is 0 Å². The highest BCUT2D eigenvalue weighted by atomic mass is 15.1. The van der Waals surface area contributed by atoms with Crippen molar-refractivity contribution in [1.29, 1.82) is 0 Å². The lowest BCUT2D eigenvalue weighted by atomic mass is 10.1. The smallest absolute Gasteiger partial charge is 0.0543 e. The van der Waals surface area contributed by atoms with E-state index in [1.807, 2.05) is 38.2 Å². The van der Waals surface area contributed by atoms with Crippen LogP contribution in [-0.2, 0) is 6.54 Å². The minimum atomic E-state index is -0.149. The van der Waals surface area contributed by atoms with Crippen LogP contribution in [0.25, 0.3) is 0 Å². The molecular weight excluding hydrogens is 174 g/mol. The lowest BCUT2D eigenvalue weighted by Crippen LogP contribution is -2.43. The van der Waals surface area contributed by atoms with Gasteiger partial charge in [-0.2, -0.15) is 0 Å². The van der Waals surface area contributed by atoms with Crippen LogP contribution in [0.15, 0.2) is 24.4 Å². The van der Waals surface area contributed by atoms with Crippen LogP contribution in [-0.4, -0.2) is 29.0 Å². The largest absolute Gasteiger partial charge is 0.324 e. The van der Waals surface area contributed by atoms with E-state index < -0.39 is 0 Å². The maximum absolute atomic E-state index is 5.93. The van der Waals surface area contributed by atoms with Crippen LogP contribution in [0.1, 0.15) is 19.5 Å². The van der Waals surface area contributed by atoms with Gasteiger partial charge in [0.05, 0.1) is 5.69 Å². The molecule has 3 heteroatoms. The Bertz CT molecular complexity index is 264. The van der Waals surface area contributed by atoms with E-state index in [0.29, 0.717) is 0 Å². The maximum Gasteiger partial charge on any atom is 0.0543 e. The van der Waals surface area contributed by atoms with Crippen molar-refractivity contribution in [2.75, 3.05) is 13.6 Å². The molecule has 0 amide bonds. The Kier molecular flexibility index (Phi) is 3.61. The third-order valence-electron chi connectivity index (χ3n) is 1.84. The molecule has 0 radical (unpaired) electrons. The van der Waals surface area contributed by atoms with Crippen molar-refractivity contribution in [2.45, 2.75) is 25.9 Å². The topological polar surface area (TPSA) is 42.2 Å². The molecule has 78 valence electrons. The van der Waals surface area contributed by atoms with Crippen molar-refractivity contribution in [2.24, 2.45) is 5.73 Å². The van der Waals surface area contributed by atoms with Crippen molar-refractivity contribution in [3.8, 4) is 0 Å². The molecule has 0 aromatic carbocycles. The molecule has 3 nitrogen and oxygen atoms in total. The van der Waals surface area contributed by atoms with Crippen molar-refractivity contribution in [1.82, 2.24) is 9.88 Å². The van der Waals surface area contributed by atoms with Gasteiger partial charge in [0.1, 0.15) is 0 Å². The summed E-state index contributed by atoms with van der Waals surface area (Å²) >= 11 is 0. The van der Waals surface area contributed by atoms with Gasteiger partial charge < -0.3 is 5.73 Å². The van der Waals surface area contributed by atoms with E-state index in [4.69, 9.17) is 5.73 Å². The molecule has 0 spiro atoms. The zero-order chi connectivity index (χ0) is 10.6. The second-order valence-corrected chi connectivity index (χ2v) is 4.48. The summed E-state index contributed by atoms with van der Waals surface area (Å²) in [6.45, 7) is 5.77. The number of rotatable bonds is 4. The first kappa shape index (κ1) is 11.1. The van der Waals surface area contributed by atoms with Gasteiger partial charge in [0.25, 0.3) is 0 Å². The molecule has 1 rings (SSSR count). The summed E-state index contributed by atoms with van der Waals surface area (Å²) in [5, 5.41) is 0. The molecule has 0 aliphatic rings. The summed E-state index contributed by atoms with van der Waals surface area (Å²) < 4.78 is 0. The van der Waals surface area contributed by atoms with Gasteiger partial charge in [-0.15, -0.1) is 0 Å². The lowest BCUT2D eigenvalue weighted by molar-refractivity contribution is 0.261. The average molecular weight is 193 g/mol. The van der Waals surface area contributed by atoms with E-state index in [-0.39, 0.29) is 5.54 Å². The molecule has 1 aromatic rings. The van der Waals surface area contributed by atoms with Crippen LogP contribution in [0.2, 0.25) is 0 Å². The molecule has 0 bridgehead atoms. The molecule has 0 saturated heterocycles. The Morgan fingerprint density at radius 3 is 2.64 bits per heavy atom. The molecule has 1 heterocycles. The van der Waals surface area contributed by atoms with Crippen LogP contribution in [0, 0.1) is 0 Å². The second kappa shape index (κ2) is 4.53. The van der Waals surface area contributed by atoms with E-state index in [0.717, 1.165) is 18.8 Å². The highest BCUT2D eigenvalue weighted by molar-refractivity contribution is 5.03. The van der Waals surface area contributed by atoms with E-state index in [2.05, 4.69) is 16.9 Å². The van der Waals surface area contributed by atoms with Gasteiger partial charge in [-0.3, -0.25) is 9.88 Å². The molecule has 0 aliphatic carbocycles. The zero-order valence-corrected chi connectivity index (χ0v) is 9.20. The molecule has 0 fully saturated rings. The average Bonchev–Trinajstić information content (AvgIpc) is 2.02. The van der Waals surface area contributed by atoms with Gasteiger partial charge in [-0.25, -0.2) is 0 Å². The summed E-state index contributed by atoms with van der Waals surface area (Å²) in [4.78, 5) is 6.45. The summed E-state index contributed by atoms with van der Waals surface area (Å²) in [5.41, 5.74) is 6.86. The Morgan fingerprint density at radius 1 is 1.43 bits per heavy atom. The third-order valence-corrected chi connectivity index (χ3v) is 1.84. The molecule has 0 aliphatic heterocycles. The highest BCUT2D eigenvalue weighted by Crippen LogP contribution is 2.03. The fraction of sp³-hybridized carbons (Fsp3) is 0.545. The number of likely N-dealkylation sites (N-methyl/N-ethyl adjacent to an activating group) is 1. The van der Waals surface area contributed by atoms with E-state index in [9.17, 15) is 0 Å². The summed E-state index contributed by atoms with van der Waals surface area (Å²) in [6, 6.07) is 5.96. The fourth-order valence-electron chi connectivity index (χ4n) is 1.52. The summed E-state index contributed by atoms with van der Waals surface area (Å²) in [7, 11) is 2.06. The monoisotopic (exact) mass is 193 g/mol. The van der Waals surface area contributed by atoms with Gasteiger partial charge in [-0.05, 0) is 33.0 Å². The number of pyridine rings is 1. The number of hydrogen-bond donors (Lipinski definition) is 1. The Hall–Kier alpha value is -0.930. The molecule has 0 saturated carbocycles. The fourth-order valence-corrected chi connectivity index (χ4v) is 1.52. The first-order valence-corrected chi connectivity index (χ1v) is 4.85. The number of nitrogens with zero attached hydrogens (tertiary/aromatic N) is 2. The molecular formula is C11H19N3. The van der Waals surface area contributed by atoms with Gasteiger partial charge >= 0.3 is 0 Å². The minimum absolute atomic E-state index is 0.149. The normalized spacial score (nSPS) is 12.1. The van der Waals surface area contributed by atoms with Crippen molar-refractivity contribution >= 4 is 0 Å². The highest BCUT2D eigenvalue weighted by Gasteiger charge is 2.13. The first-order chi connectivity index (χ1) is 6.47. The van der Waals surface area contributed by atoms with Crippen molar-refractivity contribution in [3.05, 3.63) is 30.1 Å². The number of nitrogens with two attached hydrogens (primary N) is 1. The molecule has 1 aromatic heterocycles. The molecule has 0 unspecified atom stereocenters. The SMILES string of the molecule is CN(Cc1ccccn1)CC(C)(C)N. The minimum Gasteiger partial charge on any atom is -0.324 e. The first-order valence-electron chi connectivity index (χ1n) is 4.85.